The second-order valence-electron chi connectivity index (χ2n) is 7.76. The van der Waals surface area contributed by atoms with Crippen LogP contribution in [0.2, 0.25) is 0 Å². The lowest BCUT2D eigenvalue weighted by Crippen LogP contribution is -2.63. The molecule has 1 saturated heterocycles. The molecular weight excluding hydrogens is 264 g/mol. The Morgan fingerprint density at radius 3 is 2.10 bits per heavy atom. The minimum Gasteiger partial charge on any atom is -0.343 e. The molecule has 0 aromatic heterocycles. The summed E-state index contributed by atoms with van der Waals surface area (Å²) in [6, 6.07) is -0.618. The molecule has 4 nitrogen and oxygen atoms in total. The highest BCUT2D eigenvalue weighted by Gasteiger charge is 2.65. The molecule has 2 rings (SSSR count). The molecule has 1 aliphatic heterocycles. The summed E-state index contributed by atoms with van der Waals surface area (Å²) in [6.45, 7) is 13.8. The van der Waals surface area contributed by atoms with Crippen LogP contribution in [-0.2, 0) is 9.59 Å². The second-order valence-corrected chi connectivity index (χ2v) is 7.76. The lowest BCUT2D eigenvalue weighted by molar-refractivity contribution is -0.150. The zero-order chi connectivity index (χ0) is 16.0. The maximum atomic E-state index is 12.7. The van der Waals surface area contributed by atoms with Crippen molar-refractivity contribution in [3.8, 4) is 0 Å². The van der Waals surface area contributed by atoms with E-state index in [2.05, 4.69) is 33.0 Å². The third kappa shape index (κ3) is 2.47. The number of rotatable bonds is 5. The van der Waals surface area contributed by atoms with E-state index in [-0.39, 0.29) is 34.7 Å². The maximum absolute atomic E-state index is 12.7. The van der Waals surface area contributed by atoms with E-state index in [1.54, 1.807) is 0 Å². The Morgan fingerprint density at radius 2 is 1.67 bits per heavy atom. The van der Waals surface area contributed by atoms with Gasteiger partial charge in [0.25, 0.3) is 0 Å². The number of nitrogens with zero attached hydrogens (tertiary/aromatic N) is 1. The molecule has 1 aliphatic carbocycles. The van der Waals surface area contributed by atoms with E-state index >= 15 is 0 Å². The Bertz CT molecular complexity index is 428. The highest BCUT2D eigenvalue weighted by atomic mass is 16.2. The zero-order valence-electron chi connectivity index (χ0n) is 14.3. The fourth-order valence-corrected chi connectivity index (χ4v) is 3.92. The first-order valence-electron chi connectivity index (χ1n) is 8.29. The first-order chi connectivity index (χ1) is 9.68. The molecule has 1 N–H and O–H groups in total. The molecule has 0 aromatic carbocycles. The van der Waals surface area contributed by atoms with Crippen LogP contribution in [0.25, 0.3) is 0 Å². The average Bonchev–Trinajstić information content (AvgIpc) is 2.77. The molecule has 120 valence electrons. The van der Waals surface area contributed by atoms with Gasteiger partial charge < -0.3 is 10.2 Å². The fourth-order valence-electron chi connectivity index (χ4n) is 3.92. The van der Waals surface area contributed by atoms with Gasteiger partial charge in [-0.3, -0.25) is 9.59 Å². The molecule has 1 heterocycles. The van der Waals surface area contributed by atoms with E-state index in [1.165, 1.54) is 0 Å². The Morgan fingerprint density at radius 1 is 1.10 bits per heavy atom. The minimum atomic E-state index is -0.324. The first-order valence-corrected chi connectivity index (χ1v) is 8.29. The van der Waals surface area contributed by atoms with Gasteiger partial charge in [-0.15, -0.1) is 0 Å². The topological polar surface area (TPSA) is 49.4 Å². The Hall–Kier alpha value is -1.06. The monoisotopic (exact) mass is 294 g/mol. The molecule has 1 saturated carbocycles. The van der Waals surface area contributed by atoms with Crippen LogP contribution < -0.4 is 5.32 Å². The van der Waals surface area contributed by atoms with Crippen molar-refractivity contribution in [3.05, 3.63) is 0 Å². The van der Waals surface area contributed by atoms with Crippen LogP contribution >= 0.6 is 0 Å². The standard InChI is InChI=1S/C17H30N2O2/c1-7-9-11-15(21)19(12(8-2)14(20)18-11)10-13-16(3,4)17(13,5)6/h11-13H,7-10H2,1-6H3,(H,18,20). The molecule has 0 bridgehead atoms. The SMILES string of the molecule is CCCC1NC(=O)C(CC)N(CC2C(C)(C)C2(C)C)C1=O. The Balaban J connectivity index is 2.17. The zero-order valence-corrected chi connectivity index (χ0v) is 14.3. The van der Waals surface area contributed by atoms with Crippen molar-refractivity contribution in [2.24, 2.45) is 16.7 Å². The molecule has 2 amide bonds. The van der Waals surface area contributed by atoms with E-state index in [0.717, 1.165) is 12.8 Å². The van der Waals surface area contributed by atoms with Gasteiger partial charge >= 0.3 is 0 Å². The van der Waals surface area contributed by atoms with Crippen LogP contribution in [0.3, 0.4) is 0 Å². The van der Waals surface area contributed by atoms with Crippen molar-refractivity contribution in [2.45, 2.75) is 72.9 Å². The van der Waals surface area contributed by atoms with Gasteiger partial charge in [0.2, 0.25) is 11.8 Å². The summed E-state index contributed by atoms with van der Waals surface area (Å²) in [5, 5.41) is 2.90. The van der Waals surface area contributed by atoms with Gasteiger partial charge in [0.15, 0.2) is 0 Å². The largest absolute Gasteiger partial charge is 0.343 e. The molecule has 4 heteroatoms. The highest BCUT2D eigenvalue weighted by molar-refractivity contribution is 5.96. The summed E-state index contributed by atoms with van der Waals surface area (Å²) in [5.41, 5.74) is 0.472. The number of carbonyl (C=O) groups excluding carboxylic acids is 2. The molecule has 21 heavy (non-hydrogen) atoms. The third-order valence-electron chi connectivity index (χ3n) is 6.24. The Kier molecular flexibility index (Phi) is 4.11. The fraction of sp³-hybridized carbons (Fsp3) is 0.882. The Labute approximate surface area is 128 Å². The summed E-state index contributed by atoms with van der Waals surface area (Å²) in [4.78, 5) is 26.9. The number of hydrogen-bond acceptors (Lipinski definition) is 2. The van der Waals surface area contributed by atoms with Gasteiger partial charge in [-0.05, 0) is 29.6 Å². The van der Waals surface area contributed by atoms with Gasteiger partial charge in [-0.1, -0.05) is 48.0 Å². The quantitative estimate of drug-likeness (QED) is 0.847. The van der Waals surface area contributed by atoms with Gasteiger partial charge in [0.05, 0.1) is 0 Å². The summed E-state index contributed by atoms with van der Waals surface area (Å²) in [6.07, 6.45) is 2.32. The normalized spacial score (nSPS) is 31.2. The van der Waals surface area contributed by atoms with Crippen molar-refractivity contribution < 1.29 is 9.59 Å². The molecule has 2 atom stereocenters. The summed E-state index contributed by atoms with van der Waals surface area (Å²) >= 11 is 0. The number of nitrogens with one attached hydrogen (secondary N) is 1. The average molecular weight is 294 g/mol. The molecule has 2 fully saturated rings. The lowest BCUT2D eigenvalue weighted by atomic mass is 10.0. The molecule has 2 unspecified atom stereocenters. The van der Waals surface area contributed by atoms with Gasteiger partial charge in [0.1, 0.15) is 12.1 Å². The van der Waals surface area contributed by atoms with E-state index in [1.807, 2.05) is 18.7 Å². The van der Waals surface area contributed by atoms with Gasteiger partial charge in [-0.2, -0.15) is 0 Å². The predicted octanol–water partition coefficient (Wildman–Crippen LogP) is 2.57. The van der Waals surface area contributed by atoms with Crippen LogP contribution in [0.4, 0.5) is 0 Å². The van der Waals surface area contributed by atoms with E-state index in [9.17, 15) is 9.59 Å². The highest BCUT2D eigenvalue weighted by Crippen LogP contribution is 2.68. The van der Waals surface area contributed by atoms with Crippen molar-refractivity contribution in [1.82, 2.24) is 10.2 Å². The van der Waals surface area contributed by atoms with E-state index in [4.69, 9.17) is 0 Å². The van der Waals surface area contributed by atoms with Crippen LogP contribution in [0.5, 0.6) is 0 Å². The maximum Gasteiger partial charge on any atom is 0.245 e. The number of hydrogen-bond donors (Lipinski definition) is 1. The molecule has 0 aromatic rings. The van der Waals surface area contributed by atoms with Crippen LogP contribution in [0, 0.1) is 16.7 Å². The molecule has 2 aliphatic rings. The number of piperazine rings is 1. The number of carbonyl (C=O) groups is 2. The van der Waals surface area contributed by atoms with Crippen molar-refractivity contribution in [3.63, 3.8) is 0 Å². The summed E-state index contributed by atoms with van der Waals surface area (Å²) in [5.74, 6) is 0.602. The van der Waals surface area contributed by atoms with Crippen molar-refractivity contribution >= 4 is 11.8 Å². The van der Waals surface area contributed by atoms with E-state index < -0.39 is 0 Å². The molecule has 0 radical (unpaired) electrons. The molecule has 0 spiro atoms. The van der Waals surface area contributed by atoms with Crippen molar-refractivity contribution in [2.75, 3.05) is 6.54 Å². The van der Waals surface area contributed by atoms with Gasteiger partial charge in [0, 0.05) is 6.54 Å². The second kappa shape index (κ2) is 5.29. The lowest BCUT2D eigenvalue weighted by Gasteiger charge is -2.39. The smallest absolute Gasteiger partial charge is 0.245 e. The van der Waals surface area contributed by atoms with Crippen LogP contribution in [-0.4, -0.2) is 35.3 Å². The summed E-state index contributed by atoms with van der Waals surface area (Å²) in [7, 11) is 0. The van der Waals surface area contributed by atoms with Crippen LogP contribution in [0.1, 0.15) is 60.8 Å². The van der Waals surface area contributed by atoms with Crippen LogP contribution in [0.15, 0.2) is 0 Å². The minimum absolute atomic E-state index is 0.0202. The third-order valence-corrected chi connectivity index (χ3v) is 6.24. The predicted molar refractivity (Wildman–Crippen MR) is 83.7 cm³/mol. The molecular formula is C17H30N2O2. The van der Waals surface area contributed by atoms with Gasteiger partial charge in [-0.25, -0.2) is 0 Å². The van der Waals surface area contributed by atoms with E-state index in [0.29, 0.717) is 18.9 Å². The first kappa shape index (κ1) is 16.3. The van der Waals surface area contributed by atoms with Crippen molar-refractivity contribution in [1.29, 1.82) is 0 Å². The number of amides is 2. The summed E-state index contributed by atoms with van der Waals surface area (Å²) < 4.78 is 0.